The molecule has 0 fully saturated rings. The molecule has 11 aromatic rings. The lowest BCUT2D eigenvalue weighted by Crippen LogP contribution is -2.16. The third-order valence-electron chi connectivity index (χ3n) is 13.0. The summed E-state index contributed by atoms with van der Waals surface area (Å²) in [6, 6.07) is 77.5. The molecule has 2 heteroatoms. The summed E-state index contributed by atoms with van der Waals surface area (Å²) in [6.45, 7) is 4.69. The Morgan fingerprint density at radius 2 is 0.803 bits per heavy atom. The standard InChI is InChI=1S/C59H41NO/c1-59(2)55-13-7-5-11-51(55)52-31-29-50(37-56(52)59)60(49-30-32-58-54(36-49)53-12-6-8-14-57(53)61-58)48-27-25-40(26-28-48)39-15-17-41(18-16-39)43-21-22-46-35-47(24-23-45(46)34-43)44-20-19-38-9-3-4-10-42(38)33-44/h3-37H,1-2H3. The number of hydrogen-bond acceptors (Lipinski definition) is 2. The van der Waals surface area contributed by atoms with E-state index in [2.05, 4.69) is 219 Å². The smallest absolute Gasteiger partial charge is 0.135 e. The fraction of sp³-hybridized carbons (Fsp3) is 0.0508. The van der Waals surface area contributed by atoms with Crippen LogP contribution in [0.15, 0.2) is 217 Å². The van der Waals surface area contributed by atoms with Gasteiger partial charge in [-0.1, -0.05) is 159 Å². The van der Waals surface area contributed by atoms with Crippen LogP contribution in [0.1, 0.15) is 25.0 Å². The monoisotopic (exact) mass is 779 g/mol. The summed E-state index contributed by atoms with van der Waals surface area (Å²) >= 11 is 0. The van der Waals surface area contributed by atoms with Gasteiger partial charge in [-0.2, -0.15) is 0 Å². The highest BCUT2D eigenvalue weighted by molar-refractivity contribution is 6.06. The molecule has 0 N–H and O–H groups in total. The van der Waals surface area contributed by atoms with Gasteiger partial charge in [-0.15, -0.1) is 0 Å². The molecular weight excluding hydrogens is 739 g/mol. The largest absolute Gasteiger partial charge is 0.456 e. The van der Waals surface area contributed by atoms with Gasteiger partial charge in [0.1, 0.15) is 11.2 Å². The number of para-hydroxylation sites is 1. The van der Waals surface area contributed by atoms with Crippen molar-refractivity contribution in [3.05, 3.63) is 223 Å². The van der Waals surface area contributed by atoms with E-state index < -0.39 is 0 Å². The van der Waals surface area contributed by atoms with Crippen molar-refractivity contribution in [3.63, 3.8) is 0 Å². The van der Waals surface area contributed by atoms with Crippen molar-refractivity contribution in [2.45, 2.75) is 19.3 Å². The Labute approximate surface area is 355 Å². The van der Waals surface area contributed by atoms with Crippen molar-refractivity contribution in [2.24, 2.45) is 0 Å². The first kappa shape index (κ1) is 35.3. The lowest BCUT2D eigenvalue weighted by Gasteiger charge is -2.28. The van der Waals surface area contributed by atoms with Gasteiger partial charge < -0.3 is 9.32 Å². The lowest BCUT2D eigenvalue weighted by molar-refractivity contribution is 0.660. The van der Waals surface area contributed by atoms with Gasteiger partial charge in [-0.25, -0.2) is 0 Å². The molecule has 0 spiro atoms. The number of anilines is 3. The Morgan fingerprint density at radius 3 is 1.54 bits per heavy atom. The fourth-order valence-corrected chi connectivity index (χ4v) is 9.76. The van der Waals surface area contributed by atoms with Crippen molar-refractivity contribution in [1.82, 2.24) is 0 Å². The maximum Gasteiger partial charge on any atom is 0.135 e. The van der Waals surface area contributed by atoms with E-state index in [-0.39, 0.29) is 5.41 Å². The molecular formula is C59H41NO. The summed E-state index contributed by atoms with van der Waals surface area (Å²) in [6.07, 6.45) is 0. The fourth-order valence-electron chi connectivity index (χ4n) is 9.76. The highest BCUT2D eigenvalue weighted by atomic mass is 16.3. The summed E-state index contributed by atoms with van der Waals surface area (Å²) in [4.78, 5) is 2.39. The lowest BCUT2D eigenvalue weighted by atomic mass is 9.82. The quantitative estimate of drug-likeness (QED) is 0.167. The van der Waals surface area contributed by atoms with Crippen molar-refractivity contribution in [3.8, 4) is 44.5 Å². The van der Waals surface area contributed by atoms with E-state index in [1.807, 2.05) is 12.1 Å². The minimum absolute atomic E-state index is 0.108. The van der Waals surface area contributed by atoms with Crippen LogP contribution in [0.5, 0.6) is 0 Å². The molecule has 288 valence electrons. The average molecular weight is 780 g/mol. The third kappa shape index (κ3) is 5.86. The van der Waals surface area contributed by atoms with Crippen LogP contribution in [0.25, 0.3) is 88.0 Å². The maximum absolute atomic E-state index is 6.25. The Morgan fingerprint density at radius 1 is 0.328 bits per heavy atom. The molecule has 1 aliphatic rings. The van der Waals surface area contributed by atoms with Gasteiger partial charge in [-0.3, -0.25) is 0 Å². The van der Waals surface area contributed by atoms with E-state index in [0.29, 0.717) is 0 Å². The van der Waals surface area contributed by atoms with E-state index in [1.54, 1.807) is 0 Å². The van der Waals surface area contributed by atoms with E-state index >= 15 is 0 Å². The molecule has 0 unspecified atom stereocenters. The van der Waals surface area contributed by atoms with Crippen LogP contribution in [-0.4, -0.2) is 0 Å². The highest BCUT2D eigenvalue weighted by Gasteiger charge is 2.35. The van der Waals surface area contributed by atoms with Crippen molar-refractivity contribution in [1.29, 1.82) is 0 Å². The molecule has 0 saturated carbocycles. The number of rotatable bonds is 6. The third-order valence-corrected chi connectivity index (χ3v) is 13.0. The van der Waals surface area contributed by atoms with Crippen LogP contribution < -0.4 is 4.90 Å². The van der Waals surface area contributed by atoms with Gasteiger partial charge >= 0.3 is 0 Å². The van der Waals surface area contributed by atoms with Crippen LogP contribution in [0, 0.1) is 0 Å². The number of furan rings is 1. The van der Waals surface area contributed by atoms with Gasteiger partial charge in [0.25, 0.3) is 0 Å². The molecule has 1 aliphatic carbocycles. The predicted octanol–water partition coefficient (Wildman–Crippen LogP) is 16.7. The Bertz CT molecular complexity index is 3500. The van der Waals surface area contributed by atoms with Gasteiger partial charge in [0.05, 0.1) is 0 Å². The molecule has 0 radical (unpaired) electrons. The molecule has 0 amide bonds. The topological polar surface area (TPSA) is 16.4 Å². The van der Waals surface area contributed by atoms with E-state index in [9.17, 15) is 0 Å². The zero-order chi connectivity index (χ0) is 40.7. The maximum atomic E-state index is 6.25. The molecule has 1 heterocycles. The molecule has 61 heavy (non-hydrogen) atoms. The van der Waals surface area contributed by atoms with Crippen LogP contribution in [0.3, 0.4) is 0 Å². The number of hydrogen-bond donors (Lipinski definition) is 0. The zero-order valence-electron chi connectivity index (χ0n) is 34.1. The highest BCUT2D eigenvalue weighted by Crippen LogP contribution is 2.51. The summed E-state index contributed by atoms with van der Waals surface area (Å²) in [5, 5.41) is 7.25. The second-order valence-electron chi connectivity index (χ2n) is 17.0. The van der Waals surface area contributed by atoms with Crippen LogP contribution >= 0.6 is 0 Å². The normalized spacial score (nSPS) is 12.9. The second kappa shape index (κ2) is 13.7. The average Bonchev–Trinajstić information content (AvgIpc) is 3.80. The molecule has 0 aliphatic heterocycles. The van der Waals surface area contributed by atoms with Gasteiger partial charge in [0.2, 0.25) is 0 Å². The van der Waals surface area contributed by atoms with E-state index in [1.165, 1.54) is 77.2 Å². The van der Waals surface area contributed by atoms with Crippen molar-refractivity contribution < 1.29 is 4.42 Å². The predicted molar refractivity (Wildman–Crippen MR) is 257 cm³/mol. The van der Waals surface area contributed by atoms with Gasteiger partial charge in [0, 0.05) is 33.2 Å². The SMILES string of the molecule is CC1(C)c2ccccc2-c2ccc(N(c3ccc(-c4ccc(-c5ccc6cc(-c7ccc8ccccc8c7)ccc6c5)cc4)cc3)c3ccc4oc5ccccc5c4c3)cc21. The first-order valence-electron chi connectivity index (χ1n) is 21.1. The minimum Gasteiger partial charge on any atom is -0.456 e. The van der Waals surface area contributed by atoms with Crippen LogP contribution in [0.4, 0.5) is 17.1 Å². The van der Waals surface area contributed by atoms with Gasteiger partial charge in [0.15, 0.2) is 0 Å². The minimum atomic E-state index is -0.108. The summed E-state index contributed by atoms with van der Waals surface area (Å²) in [5.41, 5.74) is 17.6. The zero-order valence-corrected chi connectivity index (χ0v) is 34.1. The first-order valence-corrected chi connectivity index (χ1v) is 21.1. The van der Waals surface area contributed by atoms with Gasteiger partial charge in [-0.05, 0) is 144 Å². The Hall–Kier alpha value is -7.68. The van der Waals surface area contributed by atoms with E-state index in [4.69, 9.17) is 4.42 Å². The molecule has 1 aromatic heterocycles. The number of fused-ring (bicyclic) bond motifs is 8. The summed E-state index contributed by atoms with van der Waals surface area (Å²) in [7, 11) is 0. The molecule has 0 bridgehead atoms. The summed E-state index contributed by atoms with van der Waals surface area (Å²) < 4.78 is 6.25. The number of benzene rings is 10. The van der Waals surface area contributed by atoms with E-state index in [0.717, 1.165) is 39.0 Å². The van der Waals surface area contributed by atoms with Crippen LogP contribution in [0.2, 0.25) is 0 Å². The molecule has 12 rings (SSSR count). The second-order valence-corrected chi connectivity index (χ2v) is 17.0. The Balaban J connectivity index is 0.867. The van der Waals surface area contributed by atoms with Crippen molar-refractivity contribution >= 4 is 60.5 Å². The Kier molecular flexibility index (Phi) is 7.92. The summed E-state index contributed by atoms with van der Waals surface area (Å²) in [5.74, 6) is 0. The first-order chi connectivity index (χ1) is 29.9. The molecule has 0 saturated heterocycles. The molecule has 0 atom stereocenters. The van der Waals surface area contributed by atoms with Crippen LogP contribution in [-0.2, 0) is 5.41 Å². The van der Waals surface area contributed by atoms with Crippen molar-refractivity contribution in [2.75, 3.05) is 4.90 Å². The molecule has 2 nitrogen and oxygen atoms in total. The molecule has 10 aromatic carbocycles. The number of nitrogens with zero attached hydrogens (tertiary/aromatic N) is 1.